The largest absolute Gasteiger partial charge is 0.333 e. The maximum absolute atomic E-state index is 12.7. The van der Waals surface area contributed by atoms with Crippen molar-refractivity contribution in [1.29, 1.82) is 0 Å². The zero-order chi connectivity index (χ0) is 14.4. The van der Waals surface area contributed by atoms with Crippen LogP contribution < -0.4 is 0 Å². The number of rotatable bonds is 7. The molecule has 0 saturated carbocycles. The predicted molar refractivity (Wildman–Crippen MR) is 78.7 cm³/mol. The highest BCUT2D eigenvalue weighted by molar-refractivity contribution is 6.18. The Hall–Kier alpha value is -1.03. The molecule has 0 radical (unpaired) electrons. The van der Waals surface area contributed by atoms with Crippen molar-refractivity contribution in [3.63, 3.8) is 0 Å². The minimum absolute atomic E-state index is 0.0315. The quantitative estimate of drug-likeness (QED) is 0.723. The molecule has 1 aromatic heterocycles. The van der Waals surface area contributed by atoms with E-state index in [1.807, 2.05) is 24.9 Å². The summed E-state index contributed by atoms with van der Waals surface area (Å²) in [5, 5.41) is 4.34. The molecular weight excluding hydrogens is 262 g/mol. The van der Waals surface area contributed by atoms with E-state index in [0.717, 1.165) is 25.0 Å². The number of carbonyl (C=O) groups is 1. The summed E-state index contributed by atoms with van der Waals surface area (Å²) < 4.78 is 1.67. The molecule has 0 spiro atoms. The van der Waals surface area contributed by atoms with E-state index >= 15 is 0 Å². The molecule has 1 amide bonds. The number of aromatic nitrogens is 2. The molecule has 0 N–H and O–H groups in total. The summed E-state index contributed by atoms with van der Waals surface area (Å²) in [6, 6.07) is 2.12. The van der Waals surface area contributed by atoms with Crippen LogP contribution in [-0.2, 0) is 13.5 Å². The first kappa shape index (κ1) is 16.0. The van der Waals surface area contributed by atoms with Crippen LogP contribution in [-0.4, -0.2) is 39.1 Å². The molecule has 0 atom stereocenters. The third-order valence-corrected chi connectivity index (χ3v) is 3.65. The van der Waals surface area contributed by atoms with Gasteiger partial charge in [-0.05, 0) is 25.3 Å². The fourth-order valence-corrected chi connectivity index (χ4v) is 2.50. The minimum Gasteiger partial charge on any atom is -0.333 e. The Kier molecular flexibility index (Phi) is 6.35. The van der Waals surface area contributed by atoms with E-state index in [4.69, 9.17) is 11.6 Å². The van der Waals surface area contributed by atoms with Crippen LogP contribution in [0.15, 0.2) is 6.07 Å². The van der Waals surface area contributed by atoms with Gasteiger partial charge in [-0.15, -0.1) is 11.6 Å². The smallest absolute Gasteiger partial charge is 0.272 e. The summed E-state index contributed by atoms with van der Waals surface area (Å²) in [6.45, 7) is 6.82. The van der Waals surface area contributed by atoms with Crippen molar-refractivity contribution in [2.45, 2.75) is 46.1 Å². The lowest BCUT2D eigenvalue weighted by Gasteiger charge is -2.29. The molecule has 108 valence electrons. The van der Waals surface area contributed by atoms with E-state index < -0.39 is 0 Å². The van der Waals surface area contributed by atoms with Crippen molar-refractivity contribution in [2.75, 3.05) is 12.4 Å². The first-order valence-corrected chi connectivity index (χ1v) is 7.52. The number of halogens is 1. The average Bonchev–Trinajstić information content (AvgIpc) is 2.79. The van der Waals surface area contributed by atoms with E-state index in [1.165, 1.54) is 0 Å². The Morgan fingerprint density at radius 3 is 2.47 bits per heavy atom. The molecule has 0 fully saturated rings. The van der Waals surface area contributed by atoms with Crippen molar-refractivity contribution in [2.24, 2.45) is 7.05 Å². The molecule has 0 saturated heterocycles. The van der Waals surface area contributed by atoms with Crippen LogP contribution in [0.25, 0.3) is 0 Å². The zero-order valence-corrected chi connectivity index (χ0v) is 13.1. The lowest BCUT2D eigenvalue weighted by molar-refractivity contribution is 0.0670. The van der Waals surface area contributed by atoms with Gasteiger partial charge < -0.3 is 4.90 Å². The van der Waals surface area contributed by atoms with Crippen molar-refractivity contribution >= 4 is 17.5 Å². The molecule has 0 unspecified atom stereocenters. The lowest BCUT2D eigenvalue weighted by Crippen LogP contribution is -2.41. The van der Waals surface area contributed by atoms with Crippen LogP contribution in [0.5, 0.6) is 0 Å². The molecule has 4 nitrogen and oxygen atoms in total. The van der Waals surface area contributed by atoms with Gasteiger partial charge in [-0.3, -0.25) is 9.48 Å². The summed E-state index contributed by atoms with van der Waals surface area (Å²) in [6.07, 6.45) is 2.72. The number of amides is 1. The second-order valence-electron chi connectivity index (χ2n) is 4.66. The molecule has 0 aliphatic heterocycles. The van der Waals surface area contributed by atoms with Gasteiger partial charge in [-0.25, -0.2) is 0 Å². The molecule has 0 aliphatic carbocycles. The SMILES string of the molecule is CCc1cc(C(=O)N(CCCl)C(CC)CC)n(C)n1. The molecule has 0 aliphatic rings. The minimum atomic E-state index is 0.0315. The monoisotopic (exact) mass is 285 g/mol. The first-order chi connectivity index (χ1) is 9.08. The Morgan fingerprint density at radius 1 is 1.42 bits per heavy atom. The normalized spacial score (nSPS) is 11.1. The summed E-state index contributed by atoms with van der Waals surface area (Å²) in [5.74, 6) is 0.491. The lowest BCUT2D eigenvalue weighted by atomic mass is 10.1. The molecule has 5 heteroatoms. The molecule has 0 bridgehead atoms. The van der Waals surface area contributed by atoms with Gasteiger partial charge in [0.15, 0.2) is 0 Å². The number of aryl methyl sites for hydroxylation is 2. The number of nitrogens with zero attached hydrogens (tertiary/aromatic N) is 3. The standard InChI is InChI=1S/C14H24ClN3O/c1-5-11-10-13(17(4)16-11)14(19)18(9-8-15)12(6-2)7-3/h10,12H,5-9H2,1-4H3. The third-order valence-electron chi connectivity index (χ3n) is 3.48. The Labute approximate surface area is 120 Å². The van der Waals surface area contributed by atoms with Crippen molar-refractivity contribution in [3.05, 3.63) is 17.5 Å². The third kappa shape index (κ3) is 3.72. The maximum Gasteiger partial charge on any atom is 0.272 e. The highest BCUT2D eigenvalue weighted by Crippen LogP contribution is 2.15. The van der Waals surface area contributed by atoms with Gasteiger partial charge in [0, 0.05) is 25.5 Å². The van der Waals surface area contributed by atoms with Gasteiger partial charge in [0.05, 0.1) is 5.69 Å². The summed E-state index contributed by atoms with van der Waals surface area (Å²) in [4.78, 5) is 14.5. The number of carbonyl (C=O) groups excluding carboxylic acids is 1. The summed E-state index contributed by atoms with van der Waals surface area (Å²) >= 11 is 5.84. The van der Waals surface area contributed by atoms with E-state index in [-0.39, 0.29) is 11.9 Å². The second-order valence-corrected chi connectivity index (χ2v) is 5.03. The molecule has 1 aromatic rings. The number of alkyl halides is 1. The second kappa shape index (κ2) is 7.53. The Balaban J connectivity index is 3.00. The van der Waals surface area contributed by atoms with E-state index in [2.05, 4.69) is 18.9 Å². The van der Waals surface area contributed by atoms with Crippen LogP contribution in [0, 0.1) is 0 Å². The molecule has 1 heterocycles. The zero-order valence-electron chi connectivity index (χ0n) is 12.3. The summed E-state index contributed by atoms with van der Waals surface area (Å²) in [7, 11) is 1.82. The van der Waals surface area contributed by atoms with Crippen molar-refractivity contribution in [3.8, 4) is 0 Å². The Morgan fingerprint density at radius 2 is 2.05 bits per heavy atom. The Bertz CT molecular complexity index is 413. The number of hydrogen-bond acceptors (Lipinski definition) is 2. The highest BCUT2D eigenvalue weighted by Gasteiger charge is 2.24. The van der Waals surface area contributed by atoms with Crippen LogP contribution in [0.2, 0.25) is 0 Å². The van der Waals surface area contributed by atoms with Crippen molar-refractivity contribution < 1.29 is 4.79 Å². The highest BCUT2D eigenvalue weighted by atomic mass is 35.5. The molecule has 19 heavy (non-hydrogen) atoms. The topological polar surface area (TPSA) is 38.1 Å². The first-order valence-electron chi connectivity index (χ1n) is 6.98. The fourth-order valence-electron chi connectivity index (χ4n) is 2.32. The van der Waals surface area contributed by atoms with Gasteiger partial charge in [0.1, 0.15) is 5.69 Å². The average molecular weight is 286 g/mol. The maximum atomic E-state index is 12.7. The van der Waals surface area contributed by atoms with E-state index in [0.29, 0.717) is 18.1 Å². The molecule has 0 aromatic carbocycles. The van der Waals surface area contributed by atoms with Crippen LogP contribution in [0.3, 0.4) is 0 Å². The molecule has 1 rings (SSSR count). The number of hydrogen-bond donors (Lipinski definition) is 0. The van der Waals surface area contributed by atoms with Crippen LogP contribution in [0.4, 0.5) is 0 Å². The summed E-state index contributed by atoms with van der Waals surface area (Å²) in [5.41, 5.74) is 1.59. The molecular formula is C14H24ClN3O. The van der Waals surface area contributed by atoms with Crippen LogP contribution in [0.1, 0.15) is 49.8 Å². The van der Waals surface area contributed by atoms with Gasteiger partial charge in [-0.1, -0.05) is 20.8 Å². The van der Waals surface area contributed by atoms with E-state index in [9.17, 15) is 4.79 Å². The van der Waals surface area contributed by atoms with Crippen LogP contribution >= 0.6 is 11.6 Å². The van der Waals surface area contributed by atoms with Gasteiger partial charge in [0.25, 0.3) is 5.91 Å². The predicted octanol–water partition coefficient (Wildman–Crippen LogP) is 2.85. The van der Waals surface area contributed by atoms with Gasteiger partial charge in [-0.2, -0.15) is 5.10 Å². The van der Waals surface area contributed by atoms with E-state index in [1.54, 1.807) is 4.68 Å². The van der Waals surface area contributed by atoms with Crippen molar-refractivity contribution in [1.82, 2.24) is 14.7 Å². The van der Waals surface area contributed by atoms with Gasteiger partial charge in [0.2, 0.25) is 0 Å². The fraction of sp³-hybridized carbons (Fsp3) is 0.714. The van der Waals surface area contributed by atoms with Gasteiger partial charge >= 0.3 is 0 Å².